The summed E-state index contributed by atoms with van der Waals surface area (Å²) in [5.41, 5.74) is 1.51. The average Bonchev–Trinajstić information content (AvgIpc) is 2.98. The van der Waals surface area contributed by atoms with Crippen LogP contribution < -0.4 is 5.32 Å². The highest BCUT2D eigenvalue weighted by molar-refractivity contribution is 5.55. The van der Waals surface area contributed by atoms with E-state index in [-0.39, 0.29) is 10.6 Å². The number of benzene rings is 1. The van der Waals surface area contributed by atoms with Crippen molar-refractivity contribution in [3.63, 3.8) is 0 Å². The highest BCUT2D eigenvalue weighted by Crippen LogP contribution is 2.24. The summed E-state index contributed by atoms with van der Waals surface area (Å²) >= 11 is 0. The Kier molecular flexibility index (Phi) is 5.67. The van der Waals surface area contributed by atoms with Crippen LogP contribution in [0, 0.1) is 16.0 Å². The Morgan fingerprint density at radius 3 is 2.83 bits per heavy atom. The maximum Gasteiger partial charge on any atom is 0.274 e. The van der Waals surface area contributed by atoms with E-state index in [0.29, 0.717) is 41.8 Å². The molecular formula is C16H22N4O3. The molecule has 0 amide bonds. The van der Waals surface area contributed by atoms with Crippen molar-refractivity contribution in [1.82, 2.24) is 10.1 Å². The summed E-state index contributed by atoms with van der Waals surface area (Å²) in [5, 5.41) is 18.1. The van der Waals surface area contributed by atoms with Crippen LogP contribution in [0.2, 0.25) is 0 Å². The molecule has 0 saturated carbocycles. The molecule has 0 atom stereocenters. The number of aromatic nitrogens is 2. The monoisotopic (exact) mass is 318 g/mol. The maximum atomic E-state index is 11.1. The van der Waals surface area contributed by atoms with Gasteiger partial charge in [-0.05, 0) is 24.8 Å². The van der Waals surface area contributed by atoms with Crippen molar-refractivity contribution in [3.8, 4) is 0 Å². The normalized spacial score (nSPS) is 11.0. The molecule has 7 heteroatoms. The van der Waals surface area contributed by atoms with Gasteiger partial charge in [0.25, 0.3) is 5.69 Å². The number of nitrogens with one attached hydrogen (secondary N) is 1. The van der Waals surface area contributed by atoms with Crippen molar-refractivity contribution < 1.29 is 9.45 Å². The zero-order valence-corrected chi connectivity index (χ0v) is 13.7. The van der Waals surface area contributed by atoms with Gasteiger partial charge in [0, 0.05) is 23.7 Å². The first kappa shape index (κ1) is 16.9. The van der Waals surface area contributed by atoms with Crippen LogP contribution in [0.4, 0.5) is 11.4 Å². The van der Waals surface area contributed by atoms with Gasteiger partial charge in [0.1, 0.15) is 0 Å². The molecular weight excluding hydrogens is 296 g/mol. The van der Waals surface area contributed by atoms with Crippen molar-refractivity contribution in [3.05, 3.63) is 45.6 Å². The Morgan fingerprint density at radius 1 is 1.39 bits per heavy atom. The quantitative estimate of drug-likeness (QED) is 0.588. The first-order chi connectivity index (χ1) is 11.0. The molecule has 0 unspecified atom stereocenters. The lowest BCUT2D eigenvalue weighted by Crippen LogP contribution is -2.02. The molecule has 1 heterocycles. The zero-order valence-electron chi connectivity index (χ0n) is 13.7. The highest BCUT2D eigenvalue weighted by Gasteiger charge is 2.13. The summed E-state index contributed by atoms with van der Waals surface area (Å²) in [6.07, 6.45) is 2.42. The molecule has 2 aromatic rings. The van der Waals surface area contributed by atoms with Crippen molar-refractivity contribution in [1.29, 1.82) is 0 Å². The number of hydrogen-bond acceptors (Lipinski definition) is 6. The second-order valence-electron chi connectivity index (χ2n) is 5.84. The molecule has 0 aliphatic rings. The van der Waals surface area contributed by atoms with Gasteiger partial charge in [0.2, 0.25) is 5.89 Å². The first-order valence-electron chi connectivity index (χ1n) is 7.82. The molecule has 1 aromatic heterocycles. The van der Waals surface area contributed by atoms with Crippen LogP contribution in [0.25, 0.3) is 0 Å². The predicted molar refractivity (Wildman–Crippen MR) is 87.3 cm³/mol. The fraction of sp³-hybridized carbons (Fsp3) is 0.500. The van der Waals surface area contributed by atoms with Crippen LogP contribution in [0.5, 0.6) is 0 Å². The minimum Gasteiger partial charge on any atom is -0.376 e. The van der Waals surface area contributed by atoms with Gasteiger partial charge in [0.05, 0.1) is 11.5 Å². The summed E-state index contributed by atoms with van der Waals surface area (Å²) in [4.78, 5) is 15.0. The van der Waals surface area contributed by atoms with Gasteiger partial charge in [-0.1, -0.05) is 32.0 Å². The zero-order chi connectivity index (χ0) is 16.8. The first-order valence-corrected chi connectivity index (χ1v) is 7.82. The van der Waals surface area contributed by atoms with Gasteiger partial charge in [0.15, 0.2) is 5.82 Å². The number of hydrogen-bond donors (Lipinski definition) is 1. The Morgan fingerprint density at radius 2 is 2.17 bits per heavy atom. The largest absolute Gasteiger partial charge is 0.376 e. The number of aryl methyl sites for hydroxylation is 2. The minimum atomic E-state index is -0.360. The minimum absolute atomic E-state index is 0.126. The number of anilines is 1. The molecule has 0 spiro atoms. The lowest BCUT2D eigenvalue weighted by Gasteiger charge is -2.05. The Labute approximate surface area is 135 Å². The van der Waals surface area contributed by atoms with Gasteiger partial charge >= 0.3 is 0 Å². The summed E-state index contributed by atoms with van der Waals surface area (Å²) in [5.74, 6) is 1.77. The summed E-state index contributed by atoms with van der Waals surface area (Å²) in [7, 11) is 0. The fourth-order valence-electron chi connectivity index (χ4n) is 2.20. The number of nitro benzene ring substituents is 1. The van der Waals surface area contributed by atoms with E-state index in [1.54, 1.807) is 6.07 Å². The lowest BCUT2D eigenvalue weighted by molar-refractivity contribution is -0.385. The van der Waals surface area contributed by atoms with E-state index in [1.807, 2.05) is 13.0 Å². The highest BCUT2D eigenvalue weighted by atomic mass is 16.6. The van der Waals surface area contributed by atoms with Crippen LogP contribution in [-0.2, 0) is 19.4 Å². The van der Waals surface area contributed by atoms with Crippen LogP contribution in [0.3, 0.4) is 0 Å². The van der Waals surface area contributed by atoms with Crippen molar-refractivity contribution >= 4 is 11.4 Å². The predicted octanol–water partition coefficient (Wildman–Crippen LogP) is 3.74. The molecule has 0 bridgehead atoms. The van der Waals surface area contributed by atoms with Crippen molar-refractivity contribution in [2.75, 3.05) is 5.32 Å². The van der Waals surface area contributed by atoms with E-state index in [9.17, 15) is 10.1 Å². The molecule has 0 fully saturated rings. The van der Waals surface area contributed by atoms with E-state index in [2.05, 4.69) is 29.3 Å². The summed E-state index contributed by atoms with van der Waals surface area (Å²) < 4.78 is 5.18. The van der Waals surface area contributed by atoms with Gasteiger partial charge in [-0.25, -0.2) is 0 Å². The van der Waals surface area contributed by atoms with Crippen molar-refractivity contribution in [2.45, 2.75) is 46.6 Å². The van der Waals surface area contributed by atoms with Gasteiger partial charge in [-0.15, -0.1) is 0 Å². The number of nitrogens with zero attached hydrogens (tertiary/aromatic N) is 3. The van der Waals surface area contributed by atoms with Crippen LogP contribution in [0.1, 0.15) is 44.5 Å². The third kappa shape index (κ3) is 4.77. The van der Waals surface area contributed by atoms with Gasteiger partial charge < -0.3 is 9.84 Å². The molecule has 124 valence electrons. The molecule has 1 N–H and O–H groups in total. The van der Waals surface area contributed by atoms with E-state index >= 15 is 0 Å². The molecule has 0 saturated heterocycles. The SMILES string of the molecule is CCc1ccc(NCc2nc(CCC(C)C)no2)cc1[N+](=O)[O-]. The van der Waals surface area contributed by atoms with E-state index in [0.717, 1.165) is 12.8 Å². The summed E-state index contributed by atoms with van der Waals surface area (Å²) in [6.45, 7) is 6.54. The summed E-state index contributed by atoms with van der Waals surface area (Å²) in [6, 6.07) is 5.12. The molecule has 2 rings (SSSR count). The molecule has 7 nitrogen and oxygen atoms in total. The third-order valence-corrected chi connectivity index (χ3v) is 3.56. The third-order valence-electron chi connectivity index (χ3n) is 3.56. The second-order valence-corrected chi connectivity index (χ2v) is 5.84. The van der Waals surface area contributed by atoms with Gasteiger partial charge in [-0.3, -0.25) is 10.1 Å². The van der Waals surface area contributed by atoms with Crippen LogP contribution in [-0.4, -0.2) is 15.1 Å². The number of nitro groups is 1. The van der Waals surface area contributed by atoms with E-state index in [1.165, 1.54) is 6.07 Å². The fourth-order valence-corrected chi connectivity index (χ4v) is 2.20. The standard InChI is InChI=1S/C16H22N4O3/c1-4-12-6-7-13(9-14(12)20(21)22)17-10-16-18-15(19-23-16)8-5-11(2)3/h6-7,9,11,17H,4-5,8,10H2,1-3H3. The molecule has 1 aromatic carbocycles. The second kappa shape index (κ2) is 7.71. The van der Waals surface area contributed by atoms with E-state index < -0.39 is 0 Å². The van der Waals surface area contributed by atoms with Gasteiger partial charge in [-0.2, -0.15) is 4.98 Å². The Hall–Kier alpha value is -2.44. The Balaban J connectivity index is 1.98. The molecule has 0 radical (unpaired) electrons. The lowest BCUT2D eigenvalue weighted by atomic mass is 10.1. The smallest absolute Gasteiger partial charge is 0.274 e. The molecule has 0 aliphatic heterocycles. The van der Waals surface area contributed by atoms with E-state index in [4.69, 9.17) is 4.52 Å². The van der Waals surface area contributed by atoms with Crippen LogP contribution in [0.15, 0.2) is 22.7 Å². The molecule has 23 heavy (non-hydrogen) atoms. The Bertz CT molecular complexity index is 667. The van der Waals surface area contributed by atoms with Crippen molar-refractivity contribution in [2.24, 2.45) is 5.92 Å². The topological polar surface area (TPSA) is 94.1 Å². The average molecular weight is 318 g/mol. The molecule has 0 aliphatic carbocycles. The maximum absolute atomic E-state index is 11.1. The number of rotatable bonds is 8. The van der Waals surface area contributed by atoms with Crippen LogP contribution >= 0.6 is 0 Å².